The van der Waals surface area contributed by atoms with Gasteiger partial charge in [-0.2, -0.15) is 0 Å². The maximum atomic E-state index is 13.0. The Morgan fingerprint density at radius 1 is 0.968 bits per heavy atom. The fourth-order valence-corrected chi connectivity index (χ4v) is 4.48. The average Bonchev–Trinajstić information content (AvgIpc) is 2.79. The average molecular weight is 439 g/mol. The monoisotopic (exact) mass is 439 g/mol. The first kappa shape index (κ1) is 22.0. The third-order valence-electron chi connectivity index (χ3n) is 4.63. The van der Waals surface area contributed by atoms with Crippen LogP contribution in [0.3, 0.4) is 0 Å². The van der Waals surface area contributed by atoms with Gasteiger partial charge in [0, 0.05) is 29.9 Å². The molecule has 3 aromatic carbocycles. The Labute approximate surface area is 180 Å². The van der Waals surface area contributed by atoms with Crippen LogP contribution in [0.5, 0.6) is 0 Å². The maximum Gasteiger partial charge on any atom is 0.269 e. The van der Waals surface area contributed by atoms with Crippen molar-refractivity contribution in [2.75, 3.05) is 22.7 Å². The topological polar surface area (TPSA) is 110 Å². The van der Waals surface area contributed by atoms with Gasteiger partial charge in [-0.15, -0.1) is 0 Å². The van der Waals surface area contributed by atoms with Gasteiger partial charge in [-0.05, 0) is 55.5 Å². The van der Waals surface area contributed by atoms with E-state index in [4.69, 9.17) is 0 Å². The molecule has 0 aromatic heterocycles. The lowest BCUT2D eigenvalue weighted by atomic mass is 10.1. The van der Waals surface area contributed by atoms with E-state index in [-0.39, 0.29) is 29.5 Å². The first-order chi connectivity index (χ1) is 14.8. The van der Waals surface area contributed by atoms with Gasteiger partial charge >= 0.3 is 0 Å². The number of Topliss-reactive ketones (excluding diaryl/α,β-unsaturated/α-hetero) is 1. The van der Waals surface area contributed by atoms with E-state index in [0.29, 0.717) is 16.9 Å². The number of nitrogens with zero attached hydrogens (tertiary/aromatic N) is 2. The number of nitro benzene ring substituents is 1. The molecule has 0 saturated heterocycles. The number of benzene rings is 3. The molecule has 0 bridgehead atoms. The van der Waals surface area contributed by atoms with Crippen LogP contribution in [0, 0.1) is 10.1 Å². The van der Waals surface area contributed by atoms with Crippen LogP contribution < -0.4 is 9.62 Å². The summed E-state index contributed by atoms with van der Waals surface area (Å²) in [4.78, 5) is 22.6. The molecule has 0 atom stereocenters. The zero-order valence-electron chi connectivity index (χ0n) is 16.8. The summed E-state index contributed by atoms with van der Waals surface area (Å²) in [6.45, 7) is 2.02. The Morgan fingerprint density at radius 3 is 2.13 bits per heavy atom. The van der Waals surface area contributed by atoms with E-state index in [9.17, 15) is 23.3 Å². The largest absolute Gasteiger partial charge is 0.378 e. The third kappa shape index (κ3) is 5.07. The van der Waals surface area contributed by atoms with E-state index in [0.717, 1.165) is 0 Å². The minimum absolute atomic E-state index is 0.0327. The number of sulfonamides is 1. The van der Waals surface area contributed by atoms with Crippen LogP contribution in [-0.2, 0) is 10.0 Å². The molecule has 160 valence electrons. The number of rotatable bonds is 9. The molecule has 0 amide bonds. The molecule has 3 rings (SSSR count). The minimum atomic E-state index is -3.72. The lowest BCUT2D eigenvalue weighted by Crippen LogP contribution is -2.30. The molecule has 0 aliphatic carbocycles. The Kier molecular flexibility index (Phi) is 6.66. The number of carbonyl (C=O) groups is 1. The van der Waals surface area contributed by atoms with Crippen LogP contribution in [0.25, 0.3) is 0 Å². The second kappa shape index (κ2) is 9.40. The number of non-ortho nitro benzene ring substituents is 1. The number of ketones is 1. The normalized spacial score (nSPS) is 11.0. The molecule has 8 nitrogen and oxygen atoms in total. The summed E-state index contributed by atoms with van der Waals surface area (Å²) in [7, 11) is -3.72. The second-order valence-corrected chi connectivity index (χ2v) is 8.47. The van der Waals surface area contributed by atoms with Gasteiger partial charge in [0.2, 0.25) is 0 Å². The van der Waals surface area contributed by atoms with Gasteiger partial charge in [0.25, 0.3) is 15.7 Å². The summed E-state index contributed by atoms with van der Waals surface area (Å²) in [5, 5.41) is 13.6. The van der Waals surface area contributed by atoms with Gasteiger partial charge in [0.05, 0.1) is 22.1 Å². The van der Waals surface area contributed by atoms with Crippen molar-refractivity contribution in [3.63, 3.8) is 0 Å². The Hall–Kier alpha value is -3.72. The molecule has 3 aromatic rings. The predicted molar refractivity (Wildman–Crippen MR) is 119 cm³/mol. The highest BCUT2D eigenvalue weighted by Gasteiger charge is 2.23. The molecule has 9 heteroatoms. The first-order valence-electron chi connectivity index (χ1n) is 9.52. The Bertz CT molecular complexity index is 1160. The predicted octanol–water partition coefficient (Wildman–Crippen LogP) is 4.10. The van der Waals surface area contributed by atoms with Gasteiger partial charge in [-0.1, -0.05) is 18.2 Å². The quantitative estimate of drug-likeness (QED) is 0.305. The number of hydrogen-bond donors (Lipinski definition) is 1. The highest BCUT2D eigenvalue weighted by molar-refractivity contribution is 7.92. The van der Waals surface area contributed by atoms with Crippen molar-refractivity contribution in [3.05, 3.63) is 94.5 Å². The zero-order chi connectivity index (χ0) is 22.4. The molecule has 31 heavy (non-hydrogen) atoms. The summed E-state index contributed by atoms with van der Waals surface area (Å²) < 4.78 is 27.3. The van der Waals surface area contributed by atoms with Crippen molar-refractivity contribution in [3.8, 4) is 0 Å². The number of hydrogen-bond acceptors (Lipinski definition) is 6. The molecule has 0 spiro atoms. The fourth-order valence-electron chi connectivity index (χ4n) is 3.01. The molecule has 1 N–H and O–H groups in total. The highest BCUT2D eigenvalue weighted by Crippen LogP contribution is 2.24. The van der Waals surface area contributed by atoms with E-state index in [2.05, 4.69) is 5.32 Å². The SMILES string of the molecule is CCN(c1ccccc1)S(=O)(=O)c1ccc(NCC(=O)c2ccc([N+](=O)[O-])cc2)cc1. The first-order valence-corrected chi connectivity index (χ1v) is 11.0. The zero-order valence-corrected chi connectivity index (χ0v) is 17.6. The lowest BCUT2D eigenvalue weighted by Gasteiger charge is -2.23. The highest BCUT2D eigenvalue weighted by atomic mass is 32.2. The number of nitrogens with one attached hydrogen (secondary N) is 1. The van der Waals surface area contributed by atoms with Crippen molar-refractivity contribution in [1.82, 2.24) is 0 Å². The van der Waals surface area contributed by atoms with E-state index < -0.39 is 14.9 Å². The van der Waals surface area contributed by atoms with Crippen LogP contribution in [-0.4, -0.2) is 32.2 Å². The van der Waals surface area contributed by atoms with Crippen molar-refractivity contribution < 1.29 is 18.1 Å². The lowest BCUT2D eigenvalue weighted by molar-refractivity contribution is -0.384. The van der Waals surface area contributed by atoms with Crippen LogP contribution in [0.1, 0.15) is 17.3 Å². The third-order valence-corrected chi connectivity index (χ3v) is 6.54. The number of para-hydroxylation sites is 1. The fraction of sp³-hybridized carbons (Fsp3) is 0.136. The summed E-state index contributed by atoms with van der Waals surface area (Å²) in [6.07, 6.45) is 0. The molecular weight excluding hydrogens is 418 g/mol. The van der Waals surface area contributed by atoms with E-state index in [1.54, 1.807) is 43.3 Å². The van der Waals surface area contributed by atoms with E-state index >= 15 is 0 Å². The van der Waals surface area contributed by atoms with Gasteiger partial charge < -0.3 is 5.32 Å². The Balaban J connectivity index is 1.68. The van der Waals surface area contributed by atoms with E-state index in [1.807, 2.05) is 6.07 Å². The maximum absolute atomic E-state index is 13.0. The molecule has 0 aliphatic rings. The summed E-state index contributed by atoms with van der Waals surface area (Å²) in [5.41, 5.74) is 1.43. The molecule has 0 radical (unpaired) electrons. The van der Waals surface area contributed by atoms with Crippen LogP contribution >= 0.6 is 0 Å². The summed E-state index contributed by atoms with van der Waals surface area (Å²) in [5.74, 6) is -0.243. The number of anilines is 2. The molecule has 0 fully saturated rings. The van der Waals surface area contributed by atoms with Crippen molar-refractivity contribution >= 4 is 32.9 Å². The number of nitro groups is 1. The molecule has 0 unspecified atom stereocenters. The van der Waals surface area contributed by atoms with Gasteiger partial charge in [-0.25, -0.2) is 8.42 Å². The summed E-state index contributed by atoms with van der Waals surface area (Å²) >= 11 is 0. The van der Waals surface area contributed by atoms with Crippen LogP contribution in [0.4, 0.5) is 17.1 Å². The second-order valence-electron chi connectivity index (χ2n) is 6.61. The van der Waals surface area contributed by atoms with Gasteiger partial charge in [0.15, 0.2) is 5.78 Å². The number of carbonyl (C=O) groups excluding carboxylic acids is 1. The summed E-state index contributed by atoms with van der Waals surface area (Å²) in [6, 6.07) is 20.4. The van der Waals surface area contributed by atoms with Gasteiger partial charge in [-0.3, -0.25) is 19.2 Å². The minimum Gasteiger partial charge on any atom is -0.378 e. The van der Waals surface area contributed by atoms with Crippen molar-refractivity contribution in [2.45, 2.75) is 11.8 Å². The van der Waals surface area contributed by atoms with Crippen molar-refractivity contribution in [2.24, 2.45) is 0 Å². The van der Waals surface area contributed by atoms with Crippen molar-refractivity contribution in [1.29, 1.82) is 0 Å². The molecule has 0 saturated carbocycles. The Morgan fingerprint density at radius 2 is 1.58 bits per heavy atom. The molecular formula is C22H21N3O5S. The van der Waals surface area contributed by atoms with Crippen LogP contribution in [0.15, 0.2) is 83.8 Å². The molecule has 0 heterocycles. The smallest absolute Gasteiger partial charge is 0.269 e. The standard InChI is InChI=1S/C22H21N3O5S/c1-2-24(19-6-4-3-5-7-19)31(29,30)21-14-10-18(11-15-21)23-16-22(26)17-8-12-20(13-9-17)25(27)28/h3-15,23H,2,16H2,1H3. The van der Waals surface area contributed by atoms with Gasteiger partial charge in [0.1, 0.15) is 0 Å². The van der Waals surface area contributed by atoms with Crippen LogP contribution in [0.2, 0.25) is 0 Å². The molecule has 0 aliphatic heterocycles. The van der Waals surface area contributed by atoms with E-state index in [1.165, 1.54) is 40.7 Å².